The zero-order valence-corrected chi connectivity index (χ0v) is 14.5. The molecule has 1 amide bonds. The highest BCUT2D eigenvalue weighted by Crippen LogP contribution is 2.20. The van der Waals surface area contributed by atoms with Gasteiger partial charge in [0, 0.05) is 19.3 Å². The molecule has 0 atom stereocenters. The molecule has 0 fully saturated rings. The molecule has 7 heteroatoms. The van der Waals surface area contributed by atoms with E-state index in [-0.39, 0.29) is 17.0 Å². The van der Waals surface area contributed by atoms with Crippen molar-refractivity contribution >= 4 is 21.6 Å². The second kappa shape index (κ2) is 7.11. The van der Waals surface area contributed by atoms with Crippen LogP contribution in [0.4, 0.5) is 10.1 Å². The second-order valence-electron chi connectivity index (χ2n) is 5.34. The molecule has 0 radical (unpaired) electrons. The number of carbonyl (C=O) groups excluding carboxylic acids is 1. The molecule has 128 valence electrons. The van der Waals surface area contributed by atoms with Crippen LogP contribution in [0.1, 0.15) is 22.8 Å². The SMILES string of the molecule is CCNS(=O)(=O)c1ccc(F)c(C(=O)N(C)c2ccc(C)cc2)c1. The summed E-state index contributed by atoms with van der Waals surface area (Å²) in [5.74, 6) is -1.39. The first kappa shape index (κ1) is 18.1. The van der Waals surface area contributed by atoms with Crippen LogP contribution in [-0.2, 0) is 10.0 Å². The number of hydrogen-bond acceptors (Lipinski definition) is 3. The molecule has 5 nitrogen and oxygen atoms in total. The van der Waals surface area contributed by atoms with Crippen LogP contribution in [0.15, 0.2) is 47.4 Å². The lowest BCUT2D eigenvalue weighted by Crippen LogP contribution is -2.28. The number of nitrogens with one attached hydrogen (secondary N) is 1. The van der Waals surface area contributed by atoms with Crippen molar-refractivity contribution in [2.24, 2.45) is 0 Å². The van der Waals surface area contributed by atoms with Crippen molar-refractivity contribution in [1.29, 1.82) is 0 Å². The van der Waals surface area contributed by atoms with Gasteiger partial charge < -0.3 is 4.90 Å². The normalized spacial score (nSPS) is 11.3. The molecule has 1 N–H and O–H groups in total. The molecule has 24 heavy (non-hydrogen) atoms. The monoisotopic (exact) mass is 350 g/mol. The Morgan fingerprint density at radius 3 is 2.38 bits per heavy atom. The van der Waals surface area contributed by atoms with Crippen LogP contribution in [0.3, 0.4) is 0 Å². The molecule has 0 aliphatic heterocycles. The van der Waals surface area contributed by atoms with Gasteiger partial charge in [-0.15, -0.1) is 0 Å². The van der Waals surface area contributed by atoms with Crippen molar-refractivity contribution in [3.63, 3.8) is 0 Å². The lowest BCUT2D eigenvalue weighted by atomic mass is 10.1. The van der Waals surface area contributed by atoms with Gasteiger partial charge in [-0.25, -0.2) is 17.5 Å². The van der Waals surface area contributed by atoms with E-state index in [1.165, 1.54) is 11.9 Å². The molecular formula is C17H19FN2O3S. The molecule has 0 bridgehead atoms. The first-order valence-electron chi connectivity index (χ1n) is 7.40. The van der Waals surface area contributed by atoms with E-state index < -0.39 is 21.7 Å². The Labute approximate surface area is 141 Å². The number of halogens is 1. The fraction of sp³-hybridized carbons (Fsp3) is 0.235. The third-order valence-corrected chi connectivity index (χ3v) is 5.08. The van der Waals surface area contributed by atoms with Gasteiger partial charge >= 0.3 is 0 Å². The largest absolute Gasteiger partial charge is 0.311 e. The van der Waals surface area contributed by atoms with Gasteiger partial charge in [-0.2, -0.15) is 0 Å². The average molecular weight is 350 g/mol. The molecule has 0 aliphatic carbocycles. The Morgan fingerprint density at radius 1 is 1.17 bits per heavy atom. The third-order valence-electron chi connectivity index (χ3n) is 3.54. The second-order valence-corrected chi connectivity index (χ2v) is 7.11. The number of nitrogens with zero attached hydrogens (tertiary/aromatic N) is 1. The van der Waals surface area contributed by atoms with E-state index in [4.69, 9.17) is 0 Å². The van der Waals surface area contributed by atoms with E-state index in [1.54, 1.807) is 19.1 Å². The predicted molar refractivity (Wildman–Crippen MR) is 91.2 cm³/mol. The van der Waals surface area contributed by atoms with E-state index in [1.807, 2.05) is 19.1 Å². The minimum Gasteiger partial charge on any atom is -0.311 e. The first-order chi connectivity index (χ1) is 11.3. The van der Waals surface area contributed by atoms with Gasteiger partial charge in [0.05, 0.1) is 10.5 Å². The third kappa shape index (κ3) is 3.80. The molecule has 2 aromatic rings. The molecule has 0 heterocycles. The van der Waals surface area contributed by atoms with Crippen molar-refractivity contribution < 1.29 is 17.6 Å². The summed E-state index contributed by atoms with van der Waals surface area (Å²) in [7, 11) is -2.25. The van der Waals surface area contributed by atoms with Crippen LogP contribution in [0, 0.1) is 12.7 Å². The van der Waals surface area contributed by atoms with E-state index in [9.17, 15) is 17.6 Å². The first-order valence-corrected chi connectivity index (χ1v) is 8.88. The smallest absolute Gasteiger partial charge is 0.261 e. The molecule has 0 saturated heterocycles. The van der Waals surface area contributed by atoms with Crippen molar-refractivity contribution in [3.8, 4) is 0 Å². The zero-order chi connectivity index (χ0) is 17.9. The van der Waals surface area contributed by atoms with Crippen molar-refractivity contribution in [1.82, 2.24) is 4.72 Å². The highest BCUT2D eigenvalue weighted by molar-refractivity contribution is 7.89. The van der Waals surface area contributed by atoms with E-state index in [0.717, 1.165) is 23.8 Å². The van der Waals surface area contributed by atoms with Crippen molar-refractivity contribution in [2.75, 3.05) is 18.5 Å². The summed E-state index contributed by atoms with van der Waals surface area (Å²) in [5.41, 5.74) is 1.33. The van der Waals surface area contributed by atoms with Gasteiger partial charge in [-0.05, 0) is 37.3 Å². The maximum Gasteiger partial charge on any atom is 0.261 e. The van der Waals surface area contributed by atoms with Crippen molar-refractivity contribution in [3.05, 3.63) is 59.4 Å². The summed E-state index contributed by atoms with van der Waals surface area (Å²) < 4.78 is 40.5. The molecular weight excluding hydrogens is 331 g/mol. The van der Waals surface area contributed by atoms with Gasteiger partial charge in [-0.3, -0.25) is 4.79 Å². The number of benzene rings is 2. The minimum absolute atomic E-state index is 0.147. The van der Waals surface area contributed by atoms with E-state index >= 15 is 0 Å². The van der Waals surface area contributed by atoms with Crippen LogP contribution < -0.4 is 9.62 Å². The molecule has 0 saturated carbocycles. The Hall–Kier alpha value is -2.25. The predicted octanol–water partition coefficient (Wildman–Crippen LogP) is 2.71. The van der Waals surface area contributed by atoms with Gasteiger partial charge in [0.2, 0.25) is 10.0 Å². The Balaban J connectivity index is 2.40. The molecule has 0 aliphatic rings. The summed E-state index contributed by atoms with van der Waals surface area (Å²) >= 11 is 0. The zero-order valence-electron chi connectivity index (χ0n) is 13.7. The topological polar surface area (TPSA) is 66.5 Å². The number of carbonyl (C=O) groups is 1. The molecule has 0 unspecified atom stereocenters. The van der Waals surface area contributed by atoms with E-state index in [0.29, 0.717) is 5.69 Å². The van der Waals surface area contributed by atoms with Gasteiger partial charge in [0.1, 0.15) is 5.82 Å². The minimum atomic E-state index is -3.77. The summed E-state index contributed by atoms with van der Waals surface area (Å²) in [6.07, 6.45) is 0. The molecule has 2 aromatic carbocycles. The quantitative estimate of drug-likeness (QED) is 0.902. The number of aryl methyl sites for hydroxylation is 1. The lowest BCUT2D eigenvalue weighted by molar-refractivity contribution is 0.0989. The molecule has 2 rings (SSSR count). The van der Waals surface area contributed by atoms with Crippen LogP contribution in [-0.4, -0.2) is 27.9 Å². The number of sulfonamides is 1. The fourth-order valence-electron chi connectivity index (χ4n) is 2.18. The Morgan fingerprint density at radius 2 is 1.79 bits per heavy atom. The average Bonchev–Trinajstić information content (AvgIpc) is 2.54. The number of amides is 1. The molecule has 0 aromatic heterocycles. The van der Waals surface area contributed by atoms with Gasteiger partial charge in [0.25, 0.3) is 5.91 Å². The summed E-state index contributed by atoms with van der Waals surface area (Å²) in [4.78, 5) is 13.7. The summed E-state index contributed by atoms with van der Waals surface area (Å²) in [5, 5.41) is 0. The fourth-order valence-corrected chi connectivity index (χ4v) is 3.24. The number of rotatable bonds is 5. The number of hydrogen-bond donors (Lipinski definition) is 1. The van der Waals surface area contributed by atoms with Crippen LogP contribution in [0.2, 0.25) is 0 Å². The number of anilines is 1. The van der Waals surface area contributed by atoms with Gasteiger partial charge in [0.15, 0.2) is 0 Å². The summed E-state index contributed by atoms with van der Waals surface area (Å²) in [6.45, 7) is 3.75. The van der Waals surface area contributed by atoms with Crippen molar-refractivity contribution in [2.45, 2.75) is 18.7 Å². The standard InChI is InChI=1S/C17H19FN2O3S/c1-4-19-24(22,23)14-9-10-16(18)15(11-14)17(21)20(3)13-7-5-12(2)6-8-13/h5-11,19H,4H2,1-3H3. The summed E-state index contributed by atoms with van der Waals surface area (Å²) in [6, 6.07) is 10.3. The van der Waals surface area contributed by atoms with Gasteiger partial charge in [-0.1, -0.05) is 24.6 Å². The van der Waals surface area contributed by atoms with Crippen LogP contribution in [0.5, 0.6) is 0 Å². The van der Waals surface area contributed by atoms with E-state index in [2.05, 4.69) is 4.72 Å². The molecule has 0 spiro atoms. The Bertz CT molecular complexity index is 849. The maximum atomic E-state index is 14.1. The highest BCUT2D eigenvalue weighted by Gasteiger charge is 2.21. The Kier molecular flexibility index (Phi) is 5.36. The highest BCUT2D eigenvalue weighted by atomic mass is 32.2. The van der Waals surface area contributed by atoms with Crippen LogP contribution >= 0.6 is 0 Å². The maximum absolute atomic E-state index is 14.1. The van der Waals surface area contributed by atoms with Crippen LogP contribution in [0.25, 0.3) is 0 Å². The lowest BCUT2D eigenvalue weighted by Gasteiger charge is -2.18.